The topological polar surface area (TPSA) is 143 Å². The van der Waals surface area contributed by atoms with Gasteiger partial charge in [0.25, 0.3) is 5.60 Å². The summed E-state index contributed by atoms with van der Waals surface area (Å²) in [4.78, 5) is 31.8. The Hall–Kier alpha value is -3.43. The first-order chi connectivity index (χ1) is 19.3. The number of aliphatic imine (C=N–C) groups is 1. The van der Waals surface area contributed by atoms with Gasteiger partial charge in [-0.3, -0.25) is 9.79 Å². The molecular formula is C31H42N5O4+. The molecule has 3 aliphatic rings. The lowest BCUT2D eigenvalue weighted by atomic mass is 9.85. The molecule has 3 heterocycles. The van der Waals surface area contributed by atoms with E-state index >= 15 is 0 Å². The minimum atomic E-state index is -1.78. The van der Waals surface area contributed by atoms with Crippen molar-refractivity contribution in [1.82, 2.24) is 0 Å². The molecule has 0 amide bonds. The minimum Gasteiger partial charge on any atom is -0.458 e. The fourth-order valence-corrected chi connectivity index (χ4v) is 7.31. The zero-order chi connectivity index (χ0) is 28.2. The molecule has 2 aromatic carbocycles. The molecule has 9 heteroatoms. The van der Waals surface area contributed by atoms with Crippen LogP contribution < -0.4 is 17.2 Å². The van der Waals surface area contributed by atoms with Crippen LogP contribution in [0.4, 0.5) is 0 Å². The van der Waals surface area contributed by atoms with Crippen LogP contribution in [-0.4, -0.2) is 66.2 Å². The summed E-state index contributed by atoms with van der Waals surface area (Å²) in [6.45, 7) is 2.83. The number of hydrogen-bond acceptors (Lipinski definition) is 6. The van der Waals surface area contributed by atoms with Crippen molar-refractivity contribution in [3.8, 4) is 0 Å². The van der Waals surface area contributed by atoms with Crippen molar-refractivity contribution in [2.24, 2.45) is 22.2 Å². The van der Waals surface area contributed by atoms with E-state index in [0.717, 1.165) is 12.8 Å². The van der Waals surface area contributed by atoms with Crippen molar-refractivity contribution in [1.29, 1.82) is 0 Å². The second kappa shape index (κ2) is 12.0. The number of quaternary nitrogens is 1. The summed E-state index contributed by atoms with van der Waals surface area (Å²) >= 11 is 0. The van der Waals surface area contributed by atoms with Gasteiger partial charge in [-0.15, -0.1) is 0 Å². The van der Waals surface area contributed by atoms with Crippen LogP contribution >= 0.6 is 0 Å². The Balaban J connectivity index is 1.42. The Bertz CT molecular complexity index is 1140. The van der Waals surface area contributed by atoms with Gasteiger partial charge >= 0.3 is 11.9 Å². The fourth-order valence-electron chi connectivity index (χ4n) is 7.31. The molecule has 3 fully saturated rings. The Morgan fingerprint density at radius 3 is 2.00 bits per heavy atom. The average molecular weight is 549 g/mol. The van der Waals surface area contributed by atoms with Gasteiger partial charge in [-0.1, -0.05) is 60.7 Å². The fraction of sp³-hybridized carbons (Fsp3) is 0.516. The number of carbonyl (C=O) groups is 2. The summed E-state index contributed by atoms with van der Waals surface area (Å²) in [6, 6.07) is 18.3. The molecule has 2 unspecified atom stereocenters. The summed E-state index contributed by atoms with van der Waals surface area (Å²) in [5.41, 5.74) is 16.3. The number of piperidine rings is 1. The standard InChI is InChI=1S/C31H42N5O4/c32-27(14-9-17-35-30(33)34)28(37)40-31(22-10-3-1-4-11-22,23-12-5-2-6-13-23)29(38)39-26-20-24-15-16-25(21-26)36(24)18-7-8-19-36/h1-6,10-13,24-27H,7-9,14-21,32H2,(H4,33,34,35)/q+1/t24?,25?,26?,27-/m0/s1. The molecule has 1 spiro atoms. The van der Waals surface area contributed by atoms with Crippen molar-refractivity contribution in [2.45, 2.75) is 81.2 Å². The van der Waals surface area contributed by atoms with Crippen LogP contribution in [0.25, 0.3) is 0 Å². The van der Waals surface area contributed by atoms with Gasteiger partial charge in [-0.05, 0) is 12.8 Å². The predicted octanol–water partition coefficient (Wildman–Crippen LogP) is 2.70. The summed E-state index contributed by atoms with van der Waals surface area (Å²) < 4.78 is 13.7. The second-order valence-corrected chi connectivity index (χ2v) is 11.5. The highest BCUT2D eigenvalue weighted by molar-refractivity contribution is 5.90. The Labute approximate surface area is 236 Å². The highest BCUT2D eigenvalue weighted by Crippen LogP contribution is 2.47. The van der Waals surface area contributed by atoms with E-state index in [-0.39, 0.29) is 12.1 Å². The smallest absolute Gasteiger partial charge is 0.360 e. The van der Waals surface area contributed by atoms with E-state index < -0.39 is 23.6 Å². The average Bonchev–Trinajstić information content (AvgIpc) is 3.51. The van der Waals surface area contributed by atoms with Crippen molar-refractivity contribution in [3.05, 3.63) is 71.8 Å². The molecule has 0 aliphatic carbocycles. The monoisotopic (exact) mass is 548 g/mol. The molecule has 3 saturated heterocycles. The molecule has 3 atom stereocenters. The maximum Gasteiger partial charge on any atom is 0.360 e. The largest absolute Gasteiger partial charge is 0.458 e. The van der Waals surface area contributed by atoms with E-state index in [1.54, 1.807) is 24.3 Å². The van der Waals surface area contributed by atoms with E-state index in [1.165, 1.54) is 43.3 Å². The van der Waals surface area contributed by atoms with Gasteiger partial charge in [0.2, 0.25) is 0 Å². The van der Waals surface area contributed by atoms with E-state index in [9.17, 15) is 9.59 Å². The first-order valence-corrected chi connectivity index (χ1v) is 14.6. The van der Waals surface area contributed by atoms with Crippen LogP contribution in [0.3, 0.4) is 0 Å². The minimum absolute atomic E-state index is 0.0140. The molecule has 0 saturated carbocycles. The third-order valence-electron chi connectivity index (χ3n) is 9.20. The maximum absolute atomic E-state index is 14.4. The highest BCUT2D eigenvalue weighted by Gasteiger charge is 2.57. The molecular weight excluding hydrogens is 506 g/mol. The van der Waals surface area contributed by atoms with Crippen molar-refractivity contribution >= 4 is 17.9 Å². The molecule has 0 aromatic heterocycles. The van der Waals surface area contributed by atoms with Crippen LogP contribution in [-0.2, 0) is 24.7 Å². The van der Waals surface area contributed by atoms with Crippen molar-refractivity contribution < 1.29 is 23.5 Å². The van der Waals surface area contributed by atoms with E-state index in [2.05, 4.69) is 4.99 Å². The molecule has 3 aliphatic heterocycles. The highest BCUT2D eigenvalue weighted by atomic mass is 16.6. The third kappa shape index (κ3) is 5.45. The Kier molecular flexibility index (Phi) is 8.42. The van der Waals surface area contributed by atoms with Gasteiger partial charge in [0.1, 0.15) is 12.1 Å². The predicted molar refractivity (Wildman–Crippen MR) is 153 cm³/mol. The van der Waals surface area contributed by atoms with Crippen molar-refractivity contribution in [3.63, 3.8) is 0 Å². The quantitative estimate of drug-likeness (QED) is 0.136. The first kappa shape index (κ1) is 28.1. The lowest BCUT2D eigenvalue weighted by Gasteiger charge is -2.47. The van der Waals surface area contributed by atoms with Gasteiger partial charge < -0.3 is 31.2 Å². The van der Waals surface area contributed by atoms with Gasteiger partial charge in [0.05, 0.1) is 25.2 Å². The van der Waals surface area contributed by atoms with Crippen LogP contribution in [0, 0.1) is 0 Å². The third-order valence-corrected chi connectivity index (χ3v) is 9.20. The molecule has 40 heavy (non-hydrogen) atoms. The summed E-state index contributed by atoms with van der Waals surface area (Å²) in [5, 5.41) is 0. The zero-order valence-corrected chi connectivity index (χ0v) is 23.1. The van der Waals surface area contributed by atoms with Gasteiger partial charge in [-0.2, -0.15) is 0 Å². The maximum atomic E-state index is 14.4. The number of ether oxygens (including phenoxy) is 2. The van der Waals surface area contributed by atoms with E-state index in [1.807, 2.05) is 36.4 Å². The molecule has 0 radical (unpaired) electrons. The second-order valence-electron chi connectivity index (χ2n) is 11.5. The Morgan fingerprint density at radius 1 is 0.925 bits per heavy atom. The summed E-state index contributed by atoms with van der Waals surface area (Å²) in [5.74, 6) is -1.27. The van der Waals surface area contributed by atoms with Gasteiger partial charge in [0.15, 0.2) is 5.96 Å². The summed E-state index contributed by atoms with van der Waals surface area (Å²) in [7, 11) is 0. The zero-order valence-electron chi connectivity index (χ0n) is 23.1. The normalized spacial score (nSPS) is 23.9. The van der Waals surface area contributed by atoms with Gasteiger partial charge in [-0.25, -0.2) is 4.79 Å². The number of carbonyl (C=O) groups excluding carboxylic acids is 2. The van der Waals surface area contributed by atoms with E-state index in [0.29, 0.717) is 42.6 Å². The number of nitrogens with zero attached hydrogens (tertiary/aromatic N) is 2. The van der Waals surface area contributed by atoms with Crippen LogP contribution in [0.1, 0.15) is 62.5 Å². The lowest BCUT2D eigenvalue weighted by molar-refractivity contribution is -0.956. The molecule has 2 aromatic rings. The molecule has 5 rings (SSSR count). The SMILES string of the molecule is NC(N)=NCCC[C@H](N)C(=O)OC(C(=O)OC1CC2CCC(C1)[N+]21CCCC1)(c1ccccc1)c1ccccc1. The first-order valence-electron chi connectivity index (χ1n) is 14.6. The van der Waals surface area contributed by atoms with Crippen LogP contribution in [0.5, 0.6) is 0 Å². The van der Waals surface area contributed by atoms with Crippen molar-refractivity contribution in [2.75, 3.05) is 19.6 Å². The number of benzene rings is 2. The number of rotatable bonds is 10. The summed E-state index contributed by atoms with van der Waals surface area (Å²) in [6.07, 6.45) is 7.21. The van der Waals surface area contributed by atoms with Gasteiger partial charge in [0, 0.05) is 56.2 Å². The molecule has 214 valence electrons. The number of nitrogens with two attached hydrogens (primary N) is 3. The van der Waals surface area contributed by atoms with E-state index in [4.69, 9.17) is 26.7 Å². The number of hydrogen-bond donors (Lipinski definition) is 3. The number of guanidine groups is 1. The van der Waals surface area contributed by atoms with Crippen LogP contribution in [0.15, 0.2) is 65.7 Å². The molecule has 9 nitrogen and oxygen atoms in total. The lowest BCUT2D eigenvalue weighted by Crippen LogP contribution is -2.60. The van der Waals surface area contributed by atoms with Crippen LogP contribution in [0.2, 0.25) is 0 Å². The molecule has 2 bridgehead atoms. The Morgan fingerprint density at radius 2 is 1.48 bits per heavy atom. The molecule has 6 N–H and O–H groups in total. The number of esters is 2.